The highest BCUT2D eigenvalue weighted by molar-refractivity contribution is 8.00. The average molecular weight is 413 g/mol. The minimum atomic E-state index is -0.323. The number of allylic oxidation sites excluding steroid dienone is 1. The van der Waals surface area contributed by atoms with E-state index in [1.54, 1.807) is 18.0 Å². The van der Waals surface area contributed by atoms with Gasteiger partial charge in [0.15, 0.2) is 11.0 Å². The van der Waals surface area contributed by atoms with Gasteiger partial charge in [-0.15, -0.1) is 16.8 Å². The third kappa shape index (κ3) is 4.46. The van der Waals surface area contributed by atoms with Gasteiger partial charge in [-0.3, -0.25) is 9.36 Å². The van der Waals surface area contributed by atoms with Crippen molar-refractivity contribution in [2.45, 2.75) is 23.9 Å². The van der Waals surface area contributed by atoms with Crippen LogP contribution in [0.5, 0.6) is 0 Å². The number of aromatic nitrogens is 3. The number of anilines is 1. The van der Waals surface area contributed by atoms with Gasteiger partial charge < -0.3 is 4.90 Å². The summed E-state index contributed by atoms with van der Waals surface area (Å²) in [6.07, 6.45) is 1.79. The molecule has 7 heteroatoms. The molecule has 0 aliphatic heterocycles. The Morgan fingerprint density at radius 2 is 1.89 bits per heavy atom. The van der Waals surface area contributed by atoms with E-state index in [0.29, 0.717) is 16.7 Å². The minimum absolute atomic E-state index is 0.00241. The Balaban J connectivity index is 1.82. The van der Waals surface area contributed by atoms with Gasteiger partial charge in [-0.2, -0.15) is 0 Å². The monoisotopic (exact) mass is 412 g/mol. The zero-order valence-electron chi connectivity index (χ0n) is 15.7. The summed E-state index contributed by atoms with van der Waals surface area (Å²) < 4.78 is 1.95. The van der Waals surface area contributed by atoms with Gasteiger partial charge in [-0.1, -0.05) is 47.6 Å². The van der Waals surface area contributed by atoms with Crippen LogP contribution in [-0.2, 0) is 11.3 Å². The maximum atomic E-state index is 12.8. The Morgan fingerprint density at radius 3 is 2.54 bits per heavy atom. The highest BCUT2D eigenvalue weighted by atomic mass is 35.5. The quantitative estimate of drug-likeness (QED) is 0.408. The third-order valence-electron chi connectivity index (χ3n) is 4.23. The molecule has 3 aromatic rings. The molecule has 0 bridgehead atoms. The van der Waals surface area contributed by atoms with E-state index >= 15 is 0 Å². The first-order chi connectivity index (χ1) is 13.5. The zero-order chi connectivity index (χ0) is 20.1. The van der Waals surface area contributed by atoms with Crippen molar-refractivity contribution in [1.29, 1.82) is 0 Å². The summed E-state index contributed by atoms with van der Waals surface area (Å²) in [7, 11) is 1.78. The summed E-state index contributed by atoms with van der Waals surface area (Å²) >= 11 is 7.37. The van der Waals surface area contributed by atoms with Crippen molar-refractivity contribution in [2.24, 2.45) is 0 Å². The fourth-order valence-corrected chi connectivity index (χ4v) is 3.82. The lowest BCUT2D eigenvalue weighted by atomic mass is 10.2. The molecule has 2 aromatic carbocycles. The first-order valence-corrected chi connectivity index (χ1v) is 10.1. The second-order valence-electron chi connectivity index (χ2n) is 6.21. The van der Waals surface area contributed by atoms with Crippen LogP contribution >= 0.6 is 23.4 Å². The van der Waals surface area contributed by atoms with Crippen LogP contribution in [0.2, 0.25) is 5.02 Å². The number of hydrogen-bond donors (Lipinski definition) is 0. The van der Waals surface area contributed by atoms with Crippen LogP contribution in [0.25, 0.3) is 11.4 Å². The molecule has 1 atom stereocenters. The fourth-order valence-electron chi connectivity index (χ4n) is 2.74. The molecule has 0 spiro atoms. The number of nitrogens with zero attached hydrogens (tertiary/aromatic N) is 4. The molecule has 0 aliphatic rings. The third-order valence-corrected chi connectivity index (χ3v) is 5.55. The molecular weight excluding hydrogens is 392 g/mol. The minimum Gasteiger partial charge on any atom is -0.315 e. The van der Waals surface area contributed by atoms with Crippen molar-refractivity contribution in [1.82, 2.24) is 14.8 Å². The lowest BCUT2D eigenvalue weighted by Crippen LogP contribution is -2.33. The second-order valence-corrected chi connectivity index (χ2v) is 7.95. The van der Waals surface area contributed by atoms with Gasteiger partial charge in [0.2, 0.25) is 5.91 Å². The number of amides is 1. The van der Waals surface area contributed by atoms with Crippen molar-refractivity contribution in [3.8, 4) is 11.4 Å². The molecule has 144 valence electrons. The van der Waals surface area contributed by atoms with E-state index in [1.807, 2.05) is 66.1 Å². The van der Waals surface area contributed by atoms with E-state index in [2.05, 4.69) is 16.8 Å². The van der Waals surface area contributed by atoms with Crippen LogP contribution in [0.3, 0.4) is 0 Å². The van der Waals surface area contributed by atoms with Crippen molar-refractivity contribution >= 4 is 35.0 Å². The number of benzene rings is 2. The van der Waals surface area contributed by atoms with Crippen LogP contribution in [0.1, 0.15) is 6.92 Å². The summed E-state index contributed by atoms with van der Waals surface area (Å²) in [6, 6.07) is 17.0. The van der Waals surface area contributed by atoms with E-state index in [9.17, 15) is 4.79 Å². The zero-order valence-corrected chi connectivity index (χ0v) is 17.3. The smallest absolute Gasteiger partial charge is 0.240 e. The number of halogens is 1. The van der Waals surface area contributed by atoms with Gasteiger partial charge in [-0.25, -0.2) is 0 Å². The van der Waals surface area contributed by atoms with Crippen LogP contribution < -0.4 is 4.90 Å². The van der Waals surface area contributed by atoms with Gasteiger partial charge in [0.25, 0.3) is 0 Å². The standard InChI is InChI=1S/C21H21ClN4OS/c1-4-14-26-19(16-10-12-17(22)13-11-16)23-24-21(26)28-15(2)20(27)25(3)18-8-6-5-7-9-18/h4-13,15H,1,14H2,2-3H3. The largest absolute Gasteiger partial charge is 0.315 e. The summed E-state index contributed by atoms with van der Waals surface area (Å²) in [5, 5.41) is 9.65. The fraction of sp³-hybridized carbons (Fsp3) is 0.190. The van der Waals surface area contributed by atoms with Gasteiger partial charge in [-0.05, 0) is 43.3 Å². The molecule has 0 saturated heterocycles. The molecule has 28 heavy (non-hydrogen) atoms. The Labute approximate surface area is 174 Å². The lowest BCUT2D eigenvalue weighted by molar-refractivity contribution is -0.117. The van der Waals surface area contributed by atoms with Gasteiger partial charge in [0.1, 0.15) is 0 Å². The van der Waals surface area contributed by atoms with Crippen LogP contribution in [0.15, 0.2) is 72.4 Å². The molecular formula is C21H21ClN4OS. The topological polar surface area (TPSA) is 51.0 Å². The highest BCUT2D eigenvalue weighted by Crippen LogP contribution is 2.29. The molecule has 1 heterocycles. The molecule has 1 aromatic heterocycles. The highest BCUT2D eigenvalue weighted by Gasteiger charge is 2.23. The molecule has 1 amide bonds. The predicted molar refractivity (Wildman–Crippen MR) is 116 cm³/mol. The molecule has 0 fully saturated rings. The Bertz CT molecular complexity index is 956. The van der Waals surface area contributed by atoms with E-state index < -0.39 is 0 Å². The maximum Gasteiger partial charge on any atom is 0.240 e. The Hall–Kier alpha value is -2.57. The van der Waals surface area contributed by atoms with Gasteiger partial charge >= 0.3 is 0 Å². The number of thioether (sulfide) groups is 1. The second kappa shape index (κ2) is 9.08. The van der Waals surface area contributed by atoms with E-state index in [1.165, 1.54) is 11.8 Å². The summed E-state index contributed by atoms with van der Waals surface area (Å²) in [4.78, 5) is 14.5. The first kappa shape index (κ1) is 20.2. The predicted octanol–water partition coefficient (Wildman–Crippen LogP) is 4.93. The SMILES string of the molecule is C=CCn1c(SC(C)C(=O)N(C)c2ccccc2)nnc1-c1ccc(Cl)cc1. The first-order valence-electron chi connectivity index (χ1n) is 8.80. The van der Waals surface area contributed by atoms with Crippen molar-refractivity contribution < 1.29 is 4.79 Å². The summed E-state index contributed by atoms with van der Waals surface area (Å²) in [5.74, 6) is 0.715. The summed E-state index contributed by atoms with van der Waals surface area (Å²) in [6.45, 7) is 6.25. The van der Waals surface area contributed by atoms with Crippen LogP contribution in [-0.4, -0.2) is 33.0 Å². The van der Waals surface area contributed by atoms with Crippen molar-refractivity contribution in [3.05, 3.63) is 72.3 Å². The molecule has 0 aliphatic carbocycles. The molecule has 0 saturated carbocycles. The van der Waals surface area contributed by atoms with Crippen LogP contribution in [0.4, 0.5) is 5.69 Å². The molecule has 3 rings (SSSR count). The van der Waals surface area contributed by atoms with E-state index in [4.69, 9.17) is 11.6 Å². The average Bonchev–Trinajstić information content (AvgIpc) is 3.10. The Morgan fingerprint density at radius 1 is 1.21 bits per heavy atom. The number of hydrogen-bond acceptors (Lipinski definition) is 4. The lowest BCUT2D eigenvalue weighted by Gasteiger charge is -2.21. The molecule has 5 nitrogen and oxygen atoms in total. The number of carbonyl (C=O) groups is 1. The van der Waals surface area contributed by atoms with Crippen molar-refractivity contribution in [2.75, 3.05) is 11.9 Å². The van der Waals surface area contributed by atoms with E-state index in [-0.39, 0.29) is 11.2 Å². The molecule has 0 N–H and O–H groups in total. The number of rotatable bonds is 7. The van der Waals surface area contributed by atoms with Crippen molar-refractivity contribution in [3.63, 3.8) is 0 Å². The maximum absolute atomic E-state index is 12.8. The summed E-state index contributed by atoms with van der Waals surface area (Å²) in [5.41, 5.74) is 1.76. The van der Waals surface area contributed by atoms with Gasteiger partial charge in [0, 0.05) is 29.9 Å². The normalized spacial score (nSPS) is 11.8. The number of carbonyl (C=O) groups excluding carboxylic acids is 1. The molecule has 1 unspecified atom stereocenters. The van der Waals surface area contributed by atoms with Gasteiger partial charge in [0.05, 0.1) is 5.25 Å². The molecule has 0 radical (unpaired) electrons. The number of para-hydroxylation sites is 1. The Kier molecular flexibility index (Phi) is 6.54. The van der Waals surface area contributed by atoms with E-state index in [0.717, 1.165) is 17.1 Å². The van der Waals surface area contributed by atoms with Crippen LogP contribution in [0, 0.1) is 0 Å².